The first kappa shape index (κ1) is 15.9. The number of nitrogens with zero attached hydrogens (tertiary/aromatic N) is 4. The van der Waals surface area contributed by atoms with Crippen LogP contribution in [0.4, 0.5) is 5.69 Å². The van der Waals surface area contributed by atoms with Crippen LogP contribution in [0.25, 0.3) is 0 Å². The van der Waals surface area contributed by atoms with Gasteiger partial charge in [-0.15, -0.1) is 0 Å². The first-order chi connectivity index (χ1) is 10.2. The summed E-state index contributed by atoms with van der Waals surface area (Å²) in [6.45, 7) is 7.49. The van der Waals surface area contributed by atoms with Gasteiger partial charge in [0.2, 0.25) is 0 Å². The minimum Gasteiger partial charge on any atom is -0.382 e. The maximum absolute atomic E-state index is 12.0. The quantitative estimate of drug-likeness (QED) is 0.637. The minimum absolute atomic E-state index is 0.0430. The van der Waals surface area contributed by atoms with Crippen molar-refractivity contribution in [2.45, 2.75) is 6.54 Å². The fourth-order valence-corrected chi connectivity index (χ4v) is 2.34. The summed E-state index contributed by atoms with van der Waals surface area (Å²) < 4.78 is 1.54. The Labute approximate surface area is 125 Å². The molecular formula is C14H26N6O. The zero-order chi connectivity index (χ0) is 15.1. The van der Waals surface area contributed by atoms with Crippen LogP contribution >= 0.6 is 0 Å². The molecule has 0 aromatic carbocycles. The van der Waals surface area contributed by atoms with Crippen molar-refractivity contribution in [3.05, 3.63) is 22.6 Å². The Morgan fingerprint density at radius 1 is 1.19 bits per heavy atom. The third-order valence-electron chi connectivity index (χ3n) is 3.80. The van der Waals surface area contributed by atoms with Crippen LogP contribution in [0.2, 0.25) is 0 Å². The highest BCUT2D eigenvalue weighted by atomic mass is 16.1. The molecule has 0 saturated carbocycles. The van der Waals surface area contributed by atoms with Crippen molar-refractivity contribution in [3.8, 4) is 0 Å². The van der Waals surface area contributed by atoms with Crippen LogP contribution in [0.15, 0.2) is 17.1 Å². The monoisotopic (exact) mass is 294 g/mol. The van der Waals surface area contributed by atoms with Crippen molar-refractivity contribution < 1.29 is 0 Å². The Morgan fingerprint density at radius 3 is 2.62 bits per heavy atom. The predicted octanol–water partition coefficient (Wildman–Crippen LogP) is -0.878. The van der Waals surface area contributed by atoms with Crippen molar-refractivity contribution in [1.82, 2.24) is 24.9 Å². The molecule has 1 saturated heterocycles. The summed E-state index contributed by atoms with van der Waals surface area (Å²) >= 11 is 0. The Balaban J connectivity index is 1.82. The van der Waals surface area contributed by atoms with Crippen molar-refractivity contribution >= 4 is 5.69 Å². The molecule has 1 aliphatic heterocycles. The first-order valence-corrected chi connectivity index (χ1v) is 7.55. The first-order valence-electron chi connectivity index (χ1n) is 7.55. The van der Waals surface area contributed by atoms with E-state index in [1.807, 2.05) is 7.05 Å². The summed E-state index contributed by atoms with van der Waals surface area (Å²) in [6, 6.07) is 1.62. The smallest absolute Gasteiger partial charge is 0.268 e. The maximum Gasteiger partial charge on any atom is 0.268 e. The van der Waals surface area contributed by atoms with Gasteiger partial charge in [-0.1, -0.05) is 0 Å². The molecule has 2 N–H and O–H groups in total. The van der Waals surface area contributed by atoms with Gasteiger partial charge in [0.05, 0.1) is 18.4 Å². The van der Waals surface area contributed by atoms with Crippen molar-refractivity contribution in [2.75, 3.05) is 65.2 Å². The topological polar surface area (TPSA) is 65.4 Å². The molecule has 0 unspecified atom stereocenters. The molecule has 0 spiro atoms. The molecule has 7 heteroatoms. The van der Waals surface area contributed by atoms with E-state index in [-0.39, 0.29) is 5.56 Å². The number of aromatic nitrogens is 2. The Kier molecular flexibility index (Phi) is 6.16. The number of hydrogen-bond acceptors (Lipinski definition) is 6. The zero-order valence-corrected chi connectivity index (χ0v) is 13.0. The van der Waals surface area contributed by atoms with Crippen LogP contribution in [0, 0.1) is 0 Å². The van der Waals surface area contributed by atoms with E-state index >= 15 is 0 Å². The van der Waals surface area contributed by atoms with Crippen molar-refractivity contribution in [3.63, 3.8) is 0 Å². The number of nitrogens with one attached hydrogen (secondary N) is 2. The molecule has 1 aliphatic rings. The standard InChI is InChI=1S/C14H26N6O/c1-15-3-4-16-13-11-14(21)20(17-12-13)10-9-19-7-5-18(2)6-8-19/h11-12,15-16H,3-10H2,1-2H3. The van der Waals surface area contributed by atoms with E-state index in [2.05, 4.69) is 32.6 Å². The van der Waals surface area contributed by atoms with Crippen LogP contribution in [0.5, 0.6) is 0 Å². The van der Waals surface area contributed by atoms with Gasteiger partial charge >= 0.3 is 0 Å². The molecule has 0 atom stereocenters. The van der Waals surface area contributed by atoms with Crippen LogP contribution < -0.4 is 16.2 Å². The number of anilines is 1. The molecule has 118 valence electrons. The lowest BCUT2D eigenvalue weighted by molar-refractivity contribution is 0.148. The van der Waals surface area contributed by atoms with Crippen LogP contribution in [-0.4, -0.2) is 79.5 Å². The lowest BCUT2D eigenvalue weighted by Gasteiger charge is -2.32. The van der Waals surface area contributed by atoms with Gasteiger partial charge in [-0.3, -0.25) is 9.69 Å². The van der Waals surface area contributed by atoms with Crippen LogP contribution in [-0.2, 0) is 6.54 Å². The van der Waals surface area contributed by atoms with E-state index in [1.165, 1.54) is 0 Å². The molecule has 7 nitrogen and oxygen atoms in total. The van der Waals surface area contributed by atoms with E-state index in [4.69, 9.17) is 0 Å². The van der Waals surface area contributed by atoms with Crippen LogP contribution in [0.3, 0.4) is 0 Å². The average Bonchev–Trinajstić information content (AvgIpc) is 2.48. The van der Waals surface area contributed by atoms with E-state index < -0.39 is 0 Å². The molecular weight excluding hydrogens is 268 g/mol. The molecule has 0 amide bonds. The lowest BCUT2D eigenvalue weighted by Crippen LogP contribution is -2.46. The van der Waals surface area contributed by atoms with Gasteiger partial charge in [0.1, 0.15) is 0 Å². The Bertz CT molecular complexity index is 481. The molecule has 1 aromatic rings. The minimum atomic E-state index is -0.0430. The van der Waals surface area contributed by atoms with Gasteiger partial charge in [-0.05, 0) is 14.1 Å². The fourth-order valence-electron chi connectivity index (χ4n) is 2.34. The van der Waals surface area contributed by atoms with Gasteiger partial charge < -0.3 is 15.5 Å². The zero-order valence-electron chi connectivity index (χ0n) is 13.0. The second-order valence-corrected chi connectivity index (χ2v) is 5.48. The van der Waals surface area contributed by atoms with Gasteiger partial charge in [0.25, 0.3) is 5.56 Å². The summed E-state index contributed by atoms with van der Waals surface area (Å²) in [5.74, 6) is 0. The summed E-state index contributed by atoms with van der Waals surface area (Å²) in [5, 5.41) is 10.5. The van der Waals surface area contributed by atoms with Crippen molar-refractivity contribution in [2.24, 2.45) is 0 Å². The number of hydrogen-bond donors (Lipinski definition) is 2. The molecule has 0 bridgehead atoms. The summed E-state index contributed by atoms with van der Waals surface area (Å²) in [7, 11) is 4.04. The summed E-state index contributed by atoms with van der Waals surface area (Å²) in [5.41, 5.74) is 0.740. The van der Waals surface area contributed by atoms with E-state index in [0.29, 0.717) is 6.54 Å². The molecule has 1 aromatic heterocycles. The van der Waals surface area contributed by atoms with Gasteiger partial charge in [0, 0.05) is 51.9 Å². The highest BCUT2D eigenvalue weighted by Crippen LogP contribution is 2.00. The number of likely N-dealkylation sites (N-methyl/N-ethyl adjacent to an activating group) is 2. The van der Waals surface area contributed by atoms with E-state index in [9.17, 15) is 4.79 Å². The molecule has 1 fully saturated rings. The van der Waals surface area contributed by atoms with E-state index in [1.54, 1.807) is 16.9 Å². The molecule has 0 radical (unpaired) electrons. The third kappa shape index (κ3) is 5.11. The average molecular weight is 294 g/mol. The number of piperazine rings is 1. The van der Waals surface area contributed by atoms with Gasteiger partial charge in [0.15, 0.2) is 0 Å². The van der Waals surface area contributed by atoms with Gasteiger partial charge in [-0.2, -0.15) is 5.10 Å². The summed E-state index contributed by atoms with van der Waals surface area (Å²) in [4.78, 5) is 16.7. The number of rotatable bonds is 7. The Hall–Kier alpha value is -1.44. The largest absolute Gasteiger partial charge is 0.382 e. The van der Waals surface area contributed by atoms with Crippen molar-refractivity contribution in [1.29, 1.82) is 0 Å². The highest BCUT2D eigenvalue weighted by molar-refractivity contribution is 5.38. The highest BCUT2D eigenvalue weighted by Gasteiger charge is 2.13. The Morgan fingerprint density at radius 2 is 1.95 bits per heavy atom. The fraction of sp³-hybridized carbons (Fsp3) is 0.714. The molecule has 0 aliphatic carbocycles. The molecule has 21 heavy (non-hydrogen) atoms. The second kappa shape index (κ2) is 8.11. The molecule has 2 heterocycles. The van der Waals surface area contributed by atoms with Crippen LogP contribution in [0.1, 0.15) is 0 Å². The normalized spacial score (nSPS) is 17.0. The van der Waals surface area contributed by atoms with E-state index in [0.717, 1.165) is 51.5 Å². The van der Waals surface area contributed by atoms with Gasteiger partial charge in [-0.25, -0.2) is 4.68 Å². The molecule has 2 rings (SSSR count). The second-order valence-electron chi connectivity index (χ2n) is 5.48. The third-order valence-corrected chi connectivity index (χ3v) is 3.80. The summed E-state index contributed by atoms with van der Waals surface area (Å²) in [6.07, 6.45) is 1.72. The SMILES string of the molecule is CNCCNc1cnn(CCN2CCN(C)CC2)c(=O)c1. The lowest BCUT2D eigenvalue weighted by atomic mass is 10.3. The maximum atomic E-state index is 12.0. The predicted molar refractivity (Wildman–Crippen MR) is 84.9 cm³/mol.